The second-order valence-corrected chi connectivity index (χ2v) is 2.71. The summed E-state index contributed by atoms with van der Waals surface area (Å²) < 4.78 is 0. The van der Waals surface area contributed by atoms with Gasteiger partial charge in [-0.25, -0.2) is 9.86 Å². The Morgan fingerprint density at radius 2 is 2.31 bits per heavy atom. The van der Waals surface area contributed by atoms with E-state index in [9.17, 15) is 10.0 Å². The Bertz CT molecular complexity index is 323. The second-order valence-electron chi connectivity index (χ2n) is 2.32. The summed E-state index contributed by atoms with van der Waals surface area (Å²) in [5.41, 5.74) is 5.30. The van der Waals surface area contributed by atoms with E-state index in [1.807, 2.05) is 0 Å². The van der Waals surface area contributed by atoms with E-state index in [0.717, 1.165) is 6.92 Å². The first-order chi connectivity index (χ1) is 6.00. The average molecular weight is 203 g/mol. The van der Waals surface area contributed by atoms with Crippen LogP contribution in [-0.2, 0) is 4.79 Å². The number of anilines is 1. The molecule has 3 N–H and O–H groups in total. The monoisotopic (exact) mass is 202 g/mol. The number of hydrogen-bond acceptors (Lipinski definition) is 5. The van der Waals surface area contributed by atoms with E-state index in [2.05, 4.69) is 9.97 Å². The van der Waals surface area contributed by atoms with Gasteiger partial charge in [-0.1, -0.05) is 11.6 Å². The van der Waals surface area contributed by atoms with Gasteiger partial charge in [0.1, 0.15) is 11.0 Å². The van der Waals surface area contributed by atoms with Crippen LogP contribution in [0.15, 0.2) is 6.07 Å². The molecule has 1 heterocycles. The topological polar surface area (TPSA) is 96.4 Å². The van der Waals surface area contributed by atoms with E-state index >= 15 is 0 Å². The van der Waals surface area contributed by atoms with Crippen molar-refractivity contribution in [3.8, 4) is 0 Å². The summed E-state index contributed by atoms with van der Waals surface area (Å²) >= 11 is 5.50. The molecule has 0 saturated carbocycles. The van der Waals surface area contributed by atoms with Gasteiger partial charge in [-0.05, 0) is 0 Å². The van der Waals surface area contributed by atoms with E-state index in [-0.39, 0.29) is 16.9 Å². The quantitative estimate of drug-likeness (QED) is 0.463. The maximum absolute atomic E-state index is 11.1. The molecule has 0 saturated heterocycles. The van der Waals surface area contributed by atoms with Crippen LogP contribution in [0.25, 0.3) is 0 Å². The number of hydroxylamine groups is 1. The number of hydrogen-bond donors (Lipinski definition) is 2. The Balaban J connectivity index is 3.07. The molecule has 0 aliphatic rings. The number of amides is 1. The molecule has 0 aliphatic carbocycles. The van der Waals surface area contributed by atoms with E-state index in [4.69, 9.17) is 17.3 Å². The van der Waals surface area contributed by atoms with Crippen molar-refractivity contribution in [1.82, 2.24) is 9.97 Å². The molecule has 1 atom stereocenters. The molecule has 0 aliphatic heterocycles. The number of rotatable bonds is 1. The predicted octanol–water partition coefficient (Wildman–Crippen LogP) is -0.727. The van der Waals surface area contributed by atoms with Gasteiger partial charge >= 0.3 is 11.9 Å². The molecule has 13 heavy (non-hydrogen) atoms. The molecule has 1 rings (SSSR count). The molecule has 0 spiro atoms. The largest absolute Gasteiger partial charge is 0.619 e. The first kappa shape index (κ1) is 9.85. The third-order valence-electron chi connectivity index (χ3n) is 1.24. The van der Waals surface area contributed by atoms with E-state index < -0.39 is 11.0 Å². The molecule has 0 fully saturated rings. The van der Waals surface area contributed by atoms with Crippen LogP contribution < -0.4 is 10.8 Å². The number of nitrogens with one attached hydrogen (secondary N) is 1. The van der Waals surface area contributed by atoms with Gasteiger partial charge in [0.05, 0.1) is 6.92 Å². The van der Waals surface area contributed by atoms with Gasteiger partial charge in [-0.15, -0.1) is 0 Å². The van der Waals surface area contributed by atoms with Gasteiger partial charge in [-0.3, -0.25) is 0 Å². The van der Waals surface area contributed by atoms with Crippen LogP contribution >= 0.6 is 11.6 Å². The maximum atomic E-state index is 11.1. The number of nitrogens with zero attached hydrogens (tertiary/aromatic N) is 2. The number of nitrogens with two attached hydrogens (primary N) is 1. The van der Waals surface area contributed by atoms with Crippen molar-refractivity contribution in [3.05, 3.63) is 16.4 Å². The molecule has 70 valence electrons. The number of quaternary nitrogens is 1. The van der Waals surface area contributed by atoms with Gasteiger partial charge in [0.25, 0.3) is 0 Å². The summed E-state index contributed by atoms with van der Waals surface area (Å²) in [6, 6.07) is 1.29. The van der Waals surface area contributed by atoms with Crippen molar-refractivity contribution in [2.24, 2.45) is 0 Å². The molecule has 7 heteroatoms. The first-order valence-electron chi connectivity index (χ1n) is 3.36. The minimum atomic E-state index is -0.797. The van der Waals surface area contributed by atoms with Gasteiger partial charge < -0.3 is 10.9 Å². The molecule has 0 bridgehead atoms. The summed E-state index contributed by atoms with van der Waals surface area (Å²) in [7, 11) is 0. The summed E-state index contributed by atoms with van der Waals surface area (Å²) in [4.78, 5) is 17.8. The molecule has 6 nitrogen and oxygen atoms in total. The van der Waals surface area contributed by atoms with E-state index in [1.165, 1.54) is 6.07 Å². The van der Waals surface area contributed by atoms with Crippen molar-refractivity contribution in [3.63, 3.8) is 0 Å². The van der Waals surface area contributed by atoms with Crippen molar-refractivity contribution in [2.75, 3.05) is 5.73 Å². The molecule has 1 aromatic rings. The predicted molar refractivity (Wildman–Crippen MR) is 46.1 cm³/mol. The van der Waals surface area contributed by atoms with Crippen molar-refractivity contribution in [1.29, 1.82) is 0 Å². The number of carbonyl (C=O) groups excluding carboxylic acids is 1. The van der Waals surface area contributed by atoms with Crippen LogP contribution in [-0.4, -0.2) is 15.9 Å². The van der Waals surface area contributed by atoms with E-state index in [1.54, 1.807) is 0 Å². The number of nitrogen functional groups attached to an aromatic ring is 1. The van der Waals surface area contributed by atoms with Crippen LogP contribution in [0.2, 0.25) is 5.15 Å². The lowest BCUT2D eigenvalue weighted by molar-refractivity contribution is -0.694. The van der Waals surface area contributed by atoms with E-state index in [0.29, 0.717) is 0 Å². The standard InChI is InChI=1S/C6H7ClN4O2/c1-3(12)11(13)6-9-4(7)2-5(8)10-6/h2,11H,1H3,(H2,8,9,10). The Hall–Kier alpha value is -1.24. The van der Waals surface area contributed by atoms with Gasteiger partial charge in [0.15, 0.2) is 0 Å². The molecule has 0 aromatic carbocycles. The van der Waals surface area contributed by atoms with Crippen LogP contribution in [0.4, 0.5) is 11.8 Å². The average Bonchev–Trinajstić information content (AvgIpc) is 2.01. The van der Waals surface area contributed by atoms with Crippen molar-refractivity contribution in [2.45, 2.75) is 6.92 Å². The Morgan fingerprint density at radius 1 is 1.69 bits per heavy atom. The fraction of sp³-hybridized carbons (Fsp3) is 0.167. The van der Waals surface area contributed by atoms with Gasteiger partial charge in [-0.2, -0.15) is 9.97 Å². The molecule has 1 unspecified atom stereocenters. The van der Waals surface area contributed by atoms with Crippen molar-refractivity contribution < 1.29 is 9.86 Å². The minimum Gasteiger partial charge on any atom is -0.619 e. The lowest BCUT2D eigenvalue weighted by Crippen LogP contribution is -3.05. The summed E-state index contributed by atoms with van der Waals surface area (Å²) in [5.74, 6) is -0.858. The number of carbonyl (C=O) groups is 1. The third kappa shape index (κ3) is 2.35. The highest BCUT2D eigenvalue weighted by atomic mass is 35.5. The second kappa shape index (κ2) is 3.65. The Morgan fingerprint density at radius 3 is 2.77 bits per heavy atom. The normalized spacial score (nSPS) is 12.5. The van der Waals surface area contributed by atoms with Crippen LogP contribution in [0, 0.1) is 5.21 Å². The smallest absolute Gasteiger partial charge is 0.338 e. The minimum absolute atomic E-state index is 0.0390. The highest BCUT2D eigenvalue weighted by Crippen LogP contribution is 2.08. The zero-order valence-corrected chi connectivity index (χ0v) is 7.50. The van der Waals surface area contributed by atoms with Gasteiger partial charge in [0, 0.05) is 6.07 Å². The highest BCUT2D eigenvalue weighted by Gasteiger charge is 2.12. The van der Waals surface area contributed by atoms with Gasteiger partial charge in [0.2, 0.25) is 0 Å². The highest BCUT2D eigenvalue weighted by molar-refractivity contribution is 6.29. The summed E-state index contributed by atoms with van der Waals surface area (Å²) in [5, 5.41) is 10.3. The van der Waals surface area contributed by atoms with Crippen LogP contribution in [0.1, 0.15) is 6.92 Å². The zero-order valence-electron chi connectivity index (χ0n) is 6.74. The van der Waals surface area contributed by atoms with Crippen LogP contribution in [0.5, 0.6) is 0 Å². The van der Waals surface area contributed by atoms with Crippen molar-refractivity contribution >= 4 is 29.3 Å². The zero-order chi connectivity index (χ0) is 10.0. The maximum Gasteiger partial charge on any atom is 0.338 e. The molecule has 1 aromatic heterocycles. The lowest BCUT2D eigenvalue weighted by Gasteiger charge is -2.14. The molecule has 1 amide bonds. The Kier molecular flexibility index (Phi) is 2.76. The first-order valence-corrected chi connectivity index (χ1v) is 3.74. The SMILES string of the molecule is CC(=O)[NH+]([O-])c1nc(N)cc(Cl)n1. The molecular formula is C6H7ClN4O2. The fourth-order valence-electron chi connectivity index (χ4n) is 0.694. The Labute approximate surface area is 78.9 Å². The van der Waals surface area contributed by atoms with Crippen LogP contribution in [0.3, 0.4) is 0 Å². The summed E-state index contributed by atoms with van der Waals surface area (Å²) in [6.07, 6.45) is 0. The molecule has 0 radical (unpaired) electrons. The fourth-order valence-corrected chi connectivity index (χ4v) is 0.886. The summed E-state index contributed by atoms with van der Waals surface area (Å²) in [6.45, 7) is 1.13. The number of halogens is 1. The molecular weight excluding hydrogens is 196 g/mol. The third-order valence-corrected chi connectivity index (χ3v) is 1.43. The lowest BCUT2D eigenvalue weighted by atomic mass is 10.6. The number of aromatic nitrogens is 2.